The Morgan fingerprint density at radius 3 is 2.88 bits per heavy atom. The highest BCUT2D eigenvalue weighted by atomic mass is 16.5. The number of fused-ring (bicyclic) bond motifs is 1. The molecule has 0 radical (unpaired) electrons. The van der Waals surface area contributed by atoms with Crippen molar-refractivity contribution in [2.24, 2.45) is 0 Å². The lowest BCUT2D eigenvalue weighted by Gasteiger charge is -2.05. The molecule has 0 aliphatic heterocycles. The first-order valence-corrected chi connectivity index (χ1v) is 4.98. The van der Waals surface area contributed by atoms with Crippen molar-refractivity contribution in [3.05, 3.63) is 30.0 Å². The lowest BCUT2D eigenvalue weighted by molar-refractivity contribution is -0.137. The van der Waals surface area contributed by atoms with E-state index in [4.69, 9.17) is 9.84 Å². The average molecular weight is 219 g/mol. The van der Waals surface area contributed by atoms with E-state index in [1.54, 1.807) is 11.7 Å². The van der Waals surface area contributed by atoms with Gasteiger partial charge in [0.05, 0.1) is 12.6 Å². The number of ether oxygens (including phenoxy) is 1. The lowest BCUT2D eigenvalue weighted by Crippen LogP contribution is -2.09. The predicted octanol–water partition coefficient (Wildman–Crippen LogP) is 2.04. The molecule has 0 atom stereocenters. The number of aliphatic carboxylic acids is 1. The molecule has 1 aromatic heterocycles. The summed E-state index contributed by atoms with van der Waals surface area (Å²) in [6, 6.07) is 7.57. The number of methoxy groups -OCH3 is 1. The van der Waals surface area contributed by atoms with Crippen molar-refractivity contribution < 1.29 is 14.6 Å². The number of hydrogen-bond donors (Lipinski definition) is 1. The minimum atomic E-state index is -0.844. The van der Waals surface area contributed by atoms with Gasteiger partial charge in [-0.25, -0.2) is 0 Å². The van der Waals surface area contributed by atoms with E-state index in [9.17, 15) is 4.79 Å². The summed E-state index contributed by atoms with van der Waals surface area (Å²) in [5.74, 6) is -0.0758. The predicted molar refractivity (Wildman–Crippen MR) is 60.9 cm³/mol. The molecule has 84 valence electrons. The Morgan fingerprint density at radius 1 is 1.50 bits per heavy atom. The van der Waals surface area contributed by atoms with Crippen LogP contribution < -0.4 is 4.74 Å². The van der Waals surface area contributed by atoms with Crippen LogP contribution in [0.25, 0.3) is 10.9 Å². The highest BCUT2D eigenvalue weighted by Gasteiger charge is 2.11. The molecule has 16 heavy (non-hydrogen) atoms. The van der Waals surface area contributed by atoms with Gasteiger partial charge in [-0.2, -0.15) is 0 Å². The van der Waals surface area contributed by atoms with Gasteiger partial charge < -0.3 is 14.4 Å². The summed E-state index contributed by atoms with van der Waals surface area (Å²) in [6.07, 6.45) is 0. The molecule has 0 amide bonds. The number of rotatable bonds is 3. The first-order valence-electron chi connectivity index (χ1n) is 4.98. The molecule has 0 saturated heterocycles. The van der Waals surface area contributed by atoms with Gasteiger partial charge in [-0.05, 0) is 25.1 Å². The van der Waals surface area contributed by atoms with Gasteiger partial charge in [-0.1, -0.05) is 6.07 Å². The molecule has 1 aromatic carbocycles. The smallest absolute Gasteiger partial charge is 0.323 e. The largest absolute Gasteiger partial charge is 0.496 e. The van der Waals surface area contributed by atoms with Gasteiger partial charge >= 0.3 is 5.97 Å². The molecule has 0 aliphatic rings. The van der Waals surface area contributed by atoms with Gasteiger partial charge in [0.2, 0.25) is 0 Å². The van der Waals surface area contributed by atoms with Gasteiger partial charge in [0.15, 0.2) is 0 Å². The van der Waals surface area contributed by atoms with Crippen LogP contribution in [0.5, 0.6) is 5.75 Å². The number of carboxylic acid groups (broad SMARTS) is 1. The molecule has 0 bridgehead atoms. The van der Waals surface area contributed by atoms with E-state index < -0.39 is 5.97 Å². The molecular weight excluding hydrogens is 206 g/mol. The van der Waals surface area contributed by atoms with Gasteiger partial charge in [0.25, 0.3) is 0 Å². The van der Waals surface area contributed by atoms with Crippen LogP contribution in [-0.4, -0.2) is 22.8 Å². The monoisotopic (exact) mass is 219 g/mol. The van der Waals surface area contributed by atoms with Crippen molar-refractivity contribution in [1.29, 1.82) is 0 Å². The fourth-order valence-electron chi connectivity index (χ4n) is 1.91. The number of carbonyl (C=O) groups is 1. The van der Waals surface area contributed by atoms with Crippen molar-refractivity contribution in [2.45, 2.75) is 13.5 Å². The maximum Gasteiger partial charge on any atom is 0.323 e. The molecule has 0 spiro atoms. The Hall–Kier alpha value is -1.97. The Balaban J connectivity index is 2.66. The van der Waals surface area contributed by atoms with Gasteiger partial charge in [0, 0.05) is 11.1 Å². The molecule has 2 rings (SSSR count). The van der Waals surface area contributed by atoms with Crippen LogP contribution in [0.15, 0.2) is 24.3 Å². The minimum Gasteiger partial charge on any atom is -0.496 e. The van der Waals surface area contributed by atoms with Crippen molar-refractivity contribution >= 4 is 16.9 Å². The van der Waals surface area contributed by atoms with Crippen LogP contribution in [0.3, 0.4) is 0 Å². The lowest BCUT2D eigenvalue weighted by atomic mass is 10.2. The maximum absolute atomic E-state index is 10.8. The zero-order valence-corrected chi connectivity index (χ0v) is 9.23. The first kappa shape index (κ1) is 10.5. The summed E-state index contributed by atoms with van der Waals surface area (Å²) in [6.45, 7) is 1.87. The van der Waals surface area contributed by atoms with Crippen molar-refractivity contribution in [2.75, 3.05) is 7.11 Å². The third-order valence-electron chi connectivity index (χ3n) is 2.63. The number of hydrogen-bond acceptors (Lipinski definition) is 2. The molecule has 2 aromatic rings. The van der Waals surface area contributed by atoms with E-state index in [1.807, 2.05) is 31.2 Å². The van der Waals surface area contributed by atoms with Crippen LogP contribution in [0.4, 0.5) is 0 Å². The standard InChI is InChI=1S/C12H13NO3/c1-8-6-9-10(13(8)7-12(14)15)4-3-5-11(9)16-2/h3-6H,7H2,1-2H3,(H,14,15). The van der Waals surface area contributed by atoms with Gasteiger partial charge in [-0.3, -0.25) is 4.79 Å². The topological polar surface area (TPSA) is 51.5 Å². The molecule has 0 aliphatic carbocycles. The number of aromatic nitrogens is 1. The van der Waals surface area contributed by atoms with E-state index in [0.717, 1.165) is 22.3 Å². The van der Waals surface area contributed by atoms with Crippen LogP contribution in [0.1, 0.15) is 5.69 Å². The van der Waals surface area contributed by atoms with Gasteiger partial charge in [0.1, 0.15) is 12.3 Å². The van der Waals surface area contributed by atoms with Crippen molar-refractivity contribution in [3.8, 4) is 5.75 Å². The summed E-state index contributed by atoms with van der Waals surface area (Å²) >= 11 is 0. The van der Waals surface area contributed by atoms with Crippen LogP contribution in [0, 0.1) is 6.92 Å². The van der Waals surface area contributed by atoms with Crippen molar-refractivity contribution in [1.82, 2.24) is 4.57 Å². The normalized spacial score (nSPS) is 10.6. The summed E-state index contributed by atoms with van der Waals surface area (Å²) < 4.78 is 7.00. The van der Waals surface area contributed by atoms with E-state index in [0.29, 0.717) is 0 Å². The minimum absolute atomic E-state index is 0.0253. The average Bonchev–Trinajstić information content (AvgIpc) is 2.55. The Kier molecular flexibility index (Phi) is 2.56. The van der Waals surface area contributed by atoms with Crippen molar-refractivity contribution in [3.63, 3.8) is 0 Å². The highest BCUT2D eigenvalue weighted by Crippen LogP contribution is 2.28. The number of carboxylic acids is 1. The number of aryl methyl sites for hydroxylation is 1. The van der Waals surface area contributed by atoms with E-state index in [1.165, 1.54) is 0 Å². The zero-order valence-electron chi connectivity index (χ0n) is 9.23. The van der Waals surface area contributed by atoms with Crippen LogP contribution in [-0.2, 0) is 11.3 Å². The SMILES string of the molecule is COc1cccc2c1cc(C)n2CC(=O)O. The molecule has 4 heteroatoms. The summed E-state index contributed by atoms with van der Waals surface area (Å²) in [5, 5.41) is 9.79. The Bertz CT molecular complexity index is 542. The van der Waals surface area contributed by atoms with E-state index in [2.05, 4.69) is 0 Å². The quantitative estimate of drug-likeness (QED) is 0.859. The van der Waals surface area contributed by atoms with Crippen LogP contribution in [0.2, 0.25) is 0 Å². The molecule has 0 saturated carbocycles. The van der Waals surface area contributed by atoms with Gasteiger partial charge in [-0.15, -0.1) is 0 Å². The molecule has 0 unspecified atom stereocenters. The first-order chi connectivity index (χ1) is 7.63. The summed E-state index contributed by atoms with van der Waals surface area (Å²) in [4.78, 5) is 10.8. The molecule has 0 fully saturated rings. The summed E-state index contributed by atoms with van der Waals surface area (Å²) in [7, 11) is 1.61. The molecule has 1 N–H and O–H groups in total. The van der Waals surface area contributed by atoms with E-state index >= 15 is 0 Å². The third-order valence-corrected chi connectivity index (χ3v) is 2.63. The number of benzene rings is 1. The molecular formula is C12H13NO3. The third kappa shape index (κ3) is 1.62. The van der Waals surface area contributed by atoms with Crippen LogP contribution >= 0.6 is 0 Å². The second-order valence-electron chi connectivity index (χ2n) is 3.66. The Morgan fingerprint density at radius 2 is 2.25 bits per heavy atom. The fourth-order valence-corrected chi connectivity index (χ4v) is 1.91. The Labute approximate surface area is 93.1 Å². The number of nitrogens with zero attached hydrogens (tertiary/aromatic N) is 1. The highest BCUT2D eigenvalue weighted by molar-refractivity contribution is 5.88. The summed E-state index contributed by atoms with van der Waals surface area (Å²) in [5.41, 5.74) is 1.81. The fraction of sp³-hybridized carbons (Fsp3) is 0.250. The molecule has 1 heterocycles. The zero-order chi connectivity index (χ0) is 11.7. The maximum atomic E-state index is 10.8. The second-order valence-corrected chi connectivity index (χ2v) is 3.66. The second kappa shape index (κ2) is 3.89. The van der Waals surface area contributed by atoms with E-state index in [-0.39, 0.29) is 6.54 Å². The molecule has 4 nitrogen and oxygen atoms in total.